The zero-order chi connectivity index (χ0) is 19.8. The molecule has 2 rings (SSSR count). The summed E-state index contributed by atoms with van der Waals surface area (Å²) < 4.78 is 4.49. The minimum absolute atomic E-state index is 0.0340. The first-order valence-electron chi connectivity index (χ1n) is 7.73. The van der Waals surface area contributed by atoms with Crippen LogP contribution < -0.4 is 10.6 Å². The van der Waals surface area contributed by atoms with Gasteiger partial charge in [-0.1, -0.05) is 29.8 Å². The van der Waals surface area contributed by atoms with Gasteiger partial charge in [0.1, 0.15) is 5.02 Å². The zero-order valence-corrected chi connectivity index (χ0v) is 15.0. The van der Waals surface area contributed by atoms with E-state index in [0.29, 0.717) is 11.3 Å². The van der Waals surface area contributed by atoms with Crippen LogP contribution in [-0.2, 0) is 16.1 Å². The summed E-state index contributed by atoms with van der Waals surface area (Å²) in [5.41, 5.74) is 1.66. The van der Waals surface area contributed by atoms with Crippen LogP contribution in [0.1, 0.15) is 11.1 Å². The Bertz CT molecular complexity index is 881. The van der Waals surface area contributed by atoms with Gasteiger partial charge in [0, 0.05) is 24.4 Å². The van der Waals surface area contributed by atoms with Crippen LogP contribution in [0.5, 0.6) is 0 Å². The molecule has 0 atom stereocenters. The Hall–Kier alpha value is -3.39. The van der Waals surface area contributed by atoms with E-state index < -0.39 is 11.0 Å². The maximum absolute atomic E-state index is 11.9. The van der Waals surface area contributed by atoms with E-state index in [-0.39, 0.29) is 23.2 Å². The van der Waals surface area contributed by atoms with Crippen molar-refractivity contribution in [2.24, 2.45) is 0 Å². The minimum Gasteiger partial charge on any atom is -0.453 e. The highest BCUT2D eigenvalue weighted by Gasteiger charge is 2.11. The quantitative estimate of drug-likeness (QED) is 0.444. The van der Waals surface area contributed by atoms with Gasteiger partial charge in [0.15, 0.2) is 0 Å². The van der Waals surface area contributed by atoms with Crippen molar-refractivity contribution in [3.8, 4) is 0 Å². The molecule has 0 radical (unpaired) electrons. The predicted octanol–water partition coefficient (Wildman–Crippen LogP) is 3.76. The van der Waals surface area contributed by atoms with Crippen LogP contribution >= 0.6 is 11.6 Å². The number of benzene rings is 2. The van der Waals surface area contributed by atoms with Gasteiger partial charge in [-0.15, -0.1) is 0 Å². The fourth-order valence-corrected chi connectivity index (χ4v) is 2.25. The van der Waals surface area contributed by atoms with Crippen LogP contribution in [0, 0.1) is 10.1 Å². The topological polar surface area (TPSA) is 111 Å². The van der Waals surface area contributed by atoms with E-state index in [2.05, 4.69) is 15.4 Å². The van der Waals surface area contributed by atoms with Gasteiger partial charge < -0.3 is 10.1 Å². The Morgan fingerprint density at radius 1 is 1.22 bits per heavy atom. The number of methoxy groups -OCH3 is 1. The van der Waals surface area contributed by atoms with Gasteiger partial charge >= 0.3 is 6.09 Å². The molecule has 2 N–H and O–H groups in total. The Kier molecular flexibility index (Phi) is 6.90. The number of anilines is 1. The van der Waals surface area contributed by atoms with Gasteiger partial charge in [0.25, 0.3) is 5.69 Å². The van der Waals surface area contributed by atoms with Crippen molar-refractivity contribution < 1.29 is 19.2 Å². The molecular formula is C18H16ClN3O5. The normalized spacial score (nSPS) is 10.4. The van der Waals surface area contributed by atoms with Crippen LogP contribution in [0.4, 0.5) is 16.2 Å². The van der Waals surface area contributed by atoms with Crippen molar-refractivity contribution >= 4 is 41.1 Å². The van der Waals surface area contributed by atoms with Gasteiger partial charge in [-0.05, 0) is 35.4 Å². The van der Waals surface area contributed by atoms with Gasteiger partial charge in [-0.2, -0.15) is 0 Å². The minimum atomic E-state index is -0.585. The number of carbonyl (C=O) groups is 2. The number of ether oxygens (including phenoxy) is 1. The molecule has 0 unspecified atom stereocenters. The second kappa shape index (κ2) is 9.35. The molecule has 8 nitrogen and oxygen atoms in total. The van der Waals surface area contributed by atoms with E-state index in [1.807, 2.05) is 0 Å². The fourth-order valence-electron chi connectivity index (χ4n) is 2.07. The highest BCUT2D eigenvalue weighted by Crippen LogP contribution is 2.25. The predicted molar refractivity (Wildman–Crippen MR) is 101 cm³/mol. The van der Waals surface area contributed by atoms with Gasteiger partial charge in [0.05, 0.1) is 12.0 Å². The Morgan fingerprint density at radius 3 is 2.56 bits per heavy atom. The summed E-state index contributed by atoms with van der Waals surface area (Å²) in [7, 11) is 1.27. The Morgan fingerprint density at radius 2 is 1.93 bits per heavy atom. The van der Waals surface area contributed by atoms with E-state index in [4.69, 9.17) is 11.6 Å². The smallest absolute Gasteiger partial charge is 0.411 e. The molecule has 0 saturated carbocycles. The van der Waals surface area contributed by atoms with E-state index in [1.54, 1.807) is 30.3 Å². The number of halogens is 1. The third-order valence-electron chi connectivity index (χ3n) is 3.45. The lowest BCUT2D eigenvalue weighted by Crippen LogP contribution is -2.20. The summed E-state index contributed by atoms with van der Waals surface area (Å²) >= 11 is 5.74. The Labute approximate surface area is 159 Å². The molecule has 2 aromatic carbocycles. The summed E-state index contributed by atoms with van der Waals surface area (Å²) in [6.07, 6.45) is 2.17. The molecule has 0 saturated heterocycles. The molecule has 0 aliphatic carbocycles. The highest BCUT2D eigenvalue weighted by molar-refractivity contribution is 6.32. The summed E-state index contributed by atoms with van der Waals surface area (Å²) in [6.45, 7) is 0.280. The van der Waals surface area contributed by atoms with Crippen molar-refractivity contribution in [2.45, 2.75) is 6.54 Å². The third-order valence-corrected chi connectivity index (χ3v) is 3.77. The fraction of sp³-hybridized carbons (Fsp3) is 0.111. The van der Waals surface area contributed by atoms with Gasteiger partial charge in [-0.25, -0.2) is 4.79 Å². The van der Waals surface area contributed by atoms with Crippen molar-refractivity contribution in [3.63, 3.8) is 0 Å². The van der Waals surface area contributed by atoms with Crippen molar-refractivity contribution in [1.82, 2.24) is 5.32 Å². The molecule has 2 amide bonds. The molecule has 0 spiro atoms. The molecule has 0 heterocycles. The van der Waals surface area contributed by atoms with E-state index >= 15 is 0 Å². The first-order chi connectivity index (χ1) is 12.9. The van der Waals surface area contributed by atoms with E-state index in [0.717, 1.165) is 5.56 Å². The molecule has 0 aliphatic rings. The molecule has 27 heavy (non-hydrogen) atoms. The maximum atomic E-state index is 11.9. The van der Waals surface area contributed by atoms with E-state index in [1.165, 1.54) is 31.4 Å². The third kappa shape index (κ3) is 6.12. The largest absolute Gasteiger partial charge is 0.453 e. The highest BCUT2D eigenvalue weighted by atomic mass is 35.5. The number of nitro groups is 1. The number of nitro benzene ring substituents is 1. The lowest BCUT2D eigenvalue weighted by atomic mass is 10.2. The molecular weight excluding hydrogens is 374 g/mol. The average Bonchev–Trinajstić information content (AvgIpc) is 2.66. The number of amides is 2. The van der Waals surface area contributed by atoms with Crippen LogP contribution in [0.2, 0.25) is 5.02 Å². The molecule has 140 valence electrons. The SMILES string of the molecule is COC(=O)Nc1ccc(CNC(=O)C=Cc2ccc(Cl)c([N+](=O)[O-])c2)cc1. The average molecular weight is 390 g/mol. The molecule has 2 aromatic rings. The molecule has 0 aliphatic heterocycles. The second-order valence-corrected chi connectivity index (χ2v) is 5.74. The van der Waals surface area contributed by atoms with Crippen LogP contribution in [0.25, 0.3) is 6.08 Å². The number of nitrogens with zero attached hydrogens (tertiary/aromatic N) is 1. The first kappa shape index (κ1) is 19.9. The van der Waals surface area contributed by atoms with Gasteiger partial charge in [0.2, 0.25) is 5.91 Å². The van der Waals surface area contributed by atoms with Crippen LogP contribution in [0.15, 0.2) is 48.5 Å². The van der Waals surface area contributed by atoms with E-state index in [9.17, 15) is 19.7 Å². The summed E-state index contributed by atoms with van der Waals surface area (Å²) in [4.78, 5) is 33.3. The van der Waals surface area contributed by atoms with Crippen molar-refractivity contribution in [2.75, 3.05) is 12.4 Å². The molecule has 9 heteroatoms. The number of carbonyl (C=O) groups excluding carboxylic acids is 2. The second-order valence-electron chi connectivity index (χ2n) is 5.33. The molecule has 0 bridgehead atoms. The first-order valence-corrected chi connectivity index (χ1v) is 8.10. The zero-order valence-electron chi connectivity index (χ0n) is 14.3. The molecule has 0 fully saturated rings. The van der Waals surface area contributed by atoms with Crippen molar-refractivity contribution in [1.29, 1.82) is 0 Å². The number of hydrogen-bond acceptors (Lipinski definition) is 5. The summed E-state index contributed by atoms with van der Waals surface area (Å²) in [6, 6.07) is 11.1. The number of rotatable bonds is 6. The summed E-state index contributed by atoms with van der Waals surface area (Å²) in [5, 5.41) is 16.1. The standard InChI is InChI=1S/C18H16ClN3O5/c1-27-18(24)21-14-6-2-13(3-7-14)11-20-17(23)9-5-12-4-8-15(19)16(10-12)22(25)26/h2-10H,11H2,1H3,(H,20,23)(H,21,24). The monoisotopic (exact) mass is 389 g/mol. The van der Waals surface area contributed by atoms with Crippen molar-refractivity contribution in [3.05, 3.63) is 74.8 Å². The van der Waals surface area contributed by atoms with Crippen LogP contribution in [-0.4, -0.2) is 24.0 Å². The number of hydrogen-bond donors (Lipinski definition) is 2. The number of nitrogens with one attached hydrogen (secondary N) is 2. The van der Waals surface area contributed by atoms with Gasteiger partial charge in [-0.3, -0.25) is 20.2 Å². The summed E-state index contributed by atoms with van der Waals surface area (Å²) in [5.74, 6) is -0.357. The van der Waals surface area contributed by atoms with Crippen LogP contribution in [0.3, 0.4) is 0 Å². The lowest BCUT2D eigenvalue weighted by molar-refractivity contribution is -0.384. The molecule has 0 aromatic heterocycles. The Balaban J connectivity index is 1.90. The maximum Gasteiger partial charge on any atom is 0.411 e. The lowest BCUT2D eigenvalue weighted by Gasteiger charge is -2.06.